The largest absolute Gasteiger partial charge is 0.497 e. The Labute approximate surface area is 115 Å². The fourth-order valence-corrected chi connectivity index (χ4v) is 2.73. The summed E-state index contributed by atoms with van der Waals surface area (Å²) in [5, 5.41) is 5.65. The van der Waals surface area contributed by atoms with E-state index in [1.54, 1.807) is 18.4 Å². The first-order valence-corrected chi connectivity index (χ1v) is 6.99. The molecular formula is C14H15N3OS. The van der Waals surface area contributed by atoms with E-state index in [1.165, 1.54) is 0 Å². The van der Waals surface area contributed by atoms with Crippen LogP contribution in [0.4, 0.5) is 0 Å². The van der Waals surface area contributed by atoms with E-state index >= 15 is 0 Å². The zero-order valence-corrected chi connectivity index (χ0v) is 11.9. The van der Waals surface area contributed by atoms with Crippen molar-refractivity contribution in [3.63, 3.8) is 0 Å². The Hall–Kier alpha value is -1.88. The molecule has 0 atom stereocenters. The van der Waals surface area contributed by atoms with Crippen molar-refractivity contribution in [3.8, 4) is 17.0 Å². The Kier molecular flexibility index (Phi) is 2.98. The Bertz CT molecular complexity index is 666. The van der Waals surface area contributed by atoms with E-state index in [0.717, 1.165) is 27.0 Å². The van der Waals surface area contributed by atoms with E-state index in [4.69, 9.17) is 4.74 Å². The summed E-state index contributed by atoms with van der Waals surface area (Å²) in [5.74, 6) is 1.29. The van der Waals surface area contributed by atoms with E-state index in [9.17, 15) is 0 Å². The van der Waals surface area contributed by atoms with Gasteiger partial charge in [0.1, 0.15) is 10.8 Å². The van der Waals surface area contributed by atoms with Gasteiger partial charge in [-0.05, 0) is 24.3 Å². The SMILES string of the molecule is COc1ccc(-c2cn3nc(C(C)C)sc3n2)cc1. The van der Waals surface area contributed by atoms with Crippen molar-refractivity contribution in [1.29, 1.82) is 0 Å². The number of imidazole rings is 1. The van der Waals surface area contributed by atoms with Crippen LogP contribution in [0.5, 0.6) is 5.75 Å². The van der Waals surface area contributed by atoms with Crippen molar-refractivity contribution in [2.75, 3.05) is 7.11 Å². The highest BCUT2D eigenvalue weighted by molar-refractivity contribution is 7.16. The standard InChI is InChI=1S/C14H15N3OS/c1-9(2)13-16-17-8-12(15-14(17)19-13)10-4-6-11(18-3)7-5-10/h4-9H,1-3H3. The molecule has 0 N–H and O–H groups in total. The van der Waals surface area contributed by atoms with Crippen molar-refractivity contribution >= 4 is 16.3 Å². The summed E-state index contributed by atoms with van der Waals surface area (Å²) >= 11 is 1.64. The van der Waals surface area contributed by atoms with Gasteiger partial charge < -0.3 is 4.74 Å². The summed E-state index contributed by atoms with van der Waals surface area (Å²) in [6.07, 6.45) is 1.97. The van der Waals surface area contributed by atoms with E-state index < -0.39 is 0 Å². The first-order valence-electron chi connectivity index (χ1n) is 6.18. The van der Waals surface area contributed by atoms with Crippen molar-refractivity contribution in [1.82, 2.24) is 14.6 Å². The van der Waals surface area contributed by atoms with Gasteiger partial charge in [0.2, 0.25) is 4.96 Å². The predicted octanol–water partition coefficient (Wildman–Crippen LogP) is 3.59. The minimum absolute atomic E-state index is 0.441. The van der Waals surface area contributed by atoms with Crippen molar-refractivity contribution in [3.05, 3.63) is 35.5 Å². The van der Waals surface area contributed by atoms with Crippen LogP contribution in [-0.4, -0.2) is 21.7 Å². The number of hydrogen-bond acceptors (Lipinski definition) is 4. The van der Waals surface area contributed by atoms with Crippen LogP contribution in [0, 0.1) is 0 Å². The van der Waals surface area contributed by atoms with E-state index in [1.807, 2.05) is 35.0 Å². The summed E-state index contributed by atoms with van der Waals surface area (Å²) in [4.78, 5) is 5.56. The molecule has 3 rings (SSSR count). The molecule has 0 aliphatic heterocycles. The van der Waals surface area contributed by atoms with E-state index in [2.05, 4.69) is 23.9 Å². The van der Waals surface area contributed by atoms with Crippen LogP contribution in [0.1, 0.15) is 24.8 Å². The second-order valence-electron chi connectivity index (χ2n) is 4.68. The second kappa shape index (κ2) is 4.66. The van der Waals surface area contributed by atoms with Crippen LogP contribution in [0.2, 0.25) is 0 Å². The fourth-order valence-electron chi connectivity index (χ4n) is 1.85. The van der Waals surface area contributed by atoms with Crippen molar-refractivity contribution in [2.45, 2.75) is 19.8 Å². The summed E-state index contributed by atoms with van der Waals surface area (Å²) in [5.41, 5.74) is 2.02. The first-order chi connectivity index (χ1) is 9.17. The summed E-state index contributed by atoms with van der Waals surface area (Å²) in [7, 11) is 1.67. The number of hydrogen-bond donors (Lipinski definition) is 0. The zero-order chi connectivity index (χ0) is 13.4. The lowest BCUT2D eigenvalue weighted by atomic mass is 10.2. The van der Waals surface area contributed by atoms with Gasteiger partial charge in [-0.25, -0.2) is 9.50 Å². The smallest absolute Gasteiger partial charge is 0.212 e. The number of fused-ring (bicyclic) bond motifs is 1. The van der Waals surface area contributed by atoms with E-state index in [0.29, 0.717) is 5.92 Å². The minimum Gasteiger partial charge on any atom is -0.497 e. The quantitative estimate of drug-likeness (QED) is 0.732. The predicted molar refractivity (Wildman–Crippen MR) is 76.9 cm³/mol. The van der Waals surface area contributed by atoms with Gasteiger partial charge in [0.15, 0.2) is 0 Å². The molecule has 0 unspecified atom stereocenters. The van der Waals surface area contributed by atoms with Crippen molar-refractivity contribution < 1.29 is 4.74 Å². The maximum absolute atomic E-state index is 5.16. The van der Waals surface area contributed by atoms with E-state index in [-0.39, 0.29) is 0 Å². The maximum Gasteiger partial charge on any atom is 0.212 e. The Morgan fingerprint density at radius 1 is 1.21 bits per heavy atom. The lowest BCUT2D eigenvalue weighted by Gasteiger charge is -2.00. The molecule has 2 aromatic heterocycles. The summed E-state index contributed by atoms with van der Waals surface area (Å²) < 4.78 is 7.02. The third kappa shape index (κ3) is 2.21. The molecule has 3 aromatic rings. The molecule has 0 amide bonds. The van der Waals surface area contributed by atoms with Crippen LogP contribution in [0.3, 0.4) is 0 Å². The molecule has 2 heterocycles. The molecule has 98 valence electrons. The van der Waals surface area contributed by atoms with Gasteiger partial charge in [-0.2, -0.15) is 5.10 Å². The van der Waals surface area contributed by atoms with Crippen LogP contribution in [-0.2, 0) is 0 Å². The zero-order valence-electron chi connectivity index (χ0n) is 11.1. The molecule has 0 radical (unpaired) electrons. The number of rotatable bonds is 3. The molecule has 0 spiro atoms. The van der Waals surface area contributed by atoms with Gasteiger partial charge in [-0.1, -0.05) is 25.2 Å². The number of aromatic nitrogens is 3. The van der Waals surface area contributed by atoms with Gasteiger partial charge in [-0.15, -0.1) is 0 Å². The van der Waals surface area contributed by atoms with Gasteiger partial charge >= 0.3 is 0 Å². The molecule has 0 saturated heterocycles. The summed E-state index contributed by atoms with van der Waals surface area (Å²) in [6.45, 7) is 4.28. The highest BCUT2D eigenvalue weighted by atomic mass is 32.1. The Balaban J connectivity index is 1.98. The maximum atomic E-state index is 5.16. The minimum atomic E-state index is 0.441. The number of benzene rings is 1. The monoisotopic (exact) mass is 273 g/mol. The number of methoxy groups -OCH3 is 1. The lowest BCUT2D eigenvalue weighted by Crippen LogP contribution is -1.88. The molecule has 1 aromatic carbocycles. The number of ether oxygens (including phenoxy) is 1. The third-order valence-corrected chi connectivity index (χ3v) is 4.16. The molecule has 0 aliphatic carbocycles. The first kappa shape index (κ1) is 12.2. The third-order valence-electron chi connectivity index (χ3n) is 2.94. The molecular weight excluding hydrogens is 258 g/mol. The van der Waals surface area contributed by atoms with Crippen molar-refractivity contribution in [2.24, 2.45) is 0 Å². The Morgan fingerprint density at radius 2 is 1.95 bits per heavy atom. The van der Waals surface area contributed by atoms with Gasteiger partial charge in [0.05, 0.1) is 19.0 Å². The normalized spacial score (nSPS) is 11.4. The molecule has 19 heavy (non-hydrogen) atoms. The highest BCUT2D eigenvalue weighted by Crippen LogP contribution is 2.26. The Morgan fingerprint density at radius 3 is 2.53 bits per heavy atom. The van der Waals surface area contributed by atoms with Crippen LogP contribution < -0.4 is 4.74 Å². The summed E-state index contributed by atoms with van der Waals surface area (Å²) in [6, 6.07) is 7.90. The molecule has 5 heteroatoms. The average Bonchev–Trinajstić information content (AvgIpc) is 2.97. The second-order valence-corrected chi connectivity index (χ2v) is 5.66. The molecule has 0 aliphatic rings. The van der Waals surface area contributed by atoms with Gasteiger partial charge in [0.25, 0.3) is 0 Å². The molecule has 0 fully saturated rings. The average molecular weight is 273 g/mol. The topological polar surface area (TPSA) is 39.4 Å². The molecule has 0 saturated carbocycles. The molecule has 4 nitrogen and oxygen atoms in total. The molecule has 0 bridgehead atoms. The highest BCUT2D eigenvalue weighted by Gasteiger charge is 2.11. The fraction of sp³-hybridized carbons (Fsp3) is 0.286. The number of nitrogens with zero attached hydrogens (tertiary/aromatic N) is 3. The van der Waals surface area contributed by atoms with Crippen LogP contribution in [0.15, 0.2) is 30.5 Å². The van der Waals surface area contributed by atoms with Crippen LogP contribution >= 0.6 is 11.3 Å². The lowest BCUT2D eigenvalue weighted by molar-refractivity contribution is 0.415. The van der Waals surface area contributed by atoms with Gasteiger partial charge in [0, 0.05) is 11.5 Å². The van der Waals surface area contributed by atoms with Crippen LogP contribution in [0.25, 0.3) is 16.2 Å². The van der Waals surface area contributed by atoms with Gasteiger partial charge in [-0.3, -0.25) is 0 Å².